The molecule has 11 rings (SSSR count). The third-order valence-corrected chi connectivity index (χ3v) is 10.3. The molecule has 5 aromatic heterocycles. The fourth-order valence-corrected chi connectivity index (χ4v) is 7.70. The molecule has 0 fully saturated rings. The molecule has 6 aromatic carbocycles. The third-order valence-electron chi connectivity index (χ3n) is 10.3. The van der Waals surface area contributed by atoms with Crippen LogP contribution in [0.4, 0.5) is 0 Å². The van der Waals surface area contributed by atoms with Gasteiger partial charge in [0.05, 0.1) is 55.7 Å². The Bertz CT molecular complexity index is 3200. The van der Waals surface area contributed by atoms with Gasteiger partial charge >= 0.3 is 0 Å². The van der Waals surface area contributed by atoms with E-state index in [2.05, 4.69) is 162 Å². The van der Waals surface area contributed by atoms with Gasteiger partial charge < -0.3 is 4.57 Å². The first-order valence-electron chi connectivity index (χ1n) is 17.8. The first kappa shape index (κ1) is 29.5. The molecule has 0 radical (unpaired) electrons. The quantitative estimate of drug-likeness (QED) is 0.174. The molecule has 0 atom stereocenters. The molecule has 0 saturated carbocycles. The van der Waals surface area contributed by atoms with Gasteiger partial charge in [-0.05, 0) is 42.5 Å². The Morgan fingerprint density at radius 2 is 0.736 bits per heavy atom. The first-order valence-corrected chi connectivity index (χ1v) is 17.8. The van der Waals surface area contributed by atoms with Crippen molar-refractivity contribution in [3.05, 3.63) is 176 Å². The van der Waals surface area contributed by atoms with Gasteiger partial charge in [0.15, 0.2) is 0 Å². The molecule has 0 saturated heterocycles. The van der Waals surface area contributed by atoms with Crippen molar-refractivity contribution in [2.24, 2.45) is 0 Å². The van der Waals surface area contributed by atoms with Crippen LogP contribution in [0.1, 0.15) is 0 Å². The molecule has 0 aliphatic carbocycles. The maximum Gasteiger partial charge on any atom is 0.0974 e. The molecular weight excluding hydrogens is 647 g/mol. The minimum Gasteiger partial charge on any atom is -0.308 e. The molecule has 0 unspecified atom stereocenters. The maximum absolute atomic E-state index is 5.34. The van der Waals surface area contributed by atoms with Gasteiger partial charge in [-0.1, -0.05) is 133 Å². The summed E-state index contributed by atoms with van der Waals surface area (Å²) in [5.74, 6) is 0. The van der Waals surface area contributed by atoms with E-state index in [1.165, 1.54) is 0 Å². The molecule has 0 N–H and O–H groups in total. The molecule has 5 heterocycles. The summed E-state index contributed by atoms with van der Waals surface area (Å²) < 4.78 is 2.30. The van der Waals surface area contributed by atoms with Crippen LogP contribution >= 0.6 is 0 Å². The van der Waals surface area contributed by atoms with Crippen molar-refractivity contribution in [3.8, 4) is 39.5 Å². The second kappa shape index (κ2) is 11.7. The summed E-state index contributed by atoms with van der Waals surface area (Å²) >= 11 is 0. The Morgan fingerprint density at radius 1 is 0.302 bits per heavy atom. The van der Waals surface area contributed by atoms with Crippen molar-refractivity contribution in [2.75, 3.05) is 0 Å². The van der Waals surface area contributed by atoms with Crippen molar-refractivity contribution in [2.45, 2.75) is 0 Å². The van der Waals surface area contributed by atoms with Gasteiger partial charge in [-0.2, -0.15) is 0 Å². The minimum absolute atomic E-state index is 0.896. The second-order valence-electron chi connectivity index (χ2n) is 13.5. The number of pyridine rings is 4. The summed E-state index contributed by atoms with van der Waals surface area (Å²) in [7, 11) is 0. The Balaban J connectivity index is 0.999. The summed E-state index contributed by atoms with van der Waals surface area (Å²) in [6, 6.07) is 61.3. The van der Waals surface area contributed by atoms with Gasteiger partial charge in [0.25, 0.3) is 0 Å². The zero-order valence-electron chi connectivity index (χ0n) is 28.5. The van der Waals surface area contributed by atoms with Crippen molar-refractivity contribution < 1.29 is 0 Å². The van der Waals surface area contributed by atoms with E-state index in [-0.39, 0.29) is 0 Å². The predicted molar refractivity (Wildman–Crippen MR) is 218 cm³/mol. The summed E-state index contributed by atoms with van der Waals surface area (Å²) in [5, 5.41) is 5.39. The van der Waals surface area contributed by atoms with Gasteiger partial charge in [-0.15, -0.1) is 0 Å². The monoisotopic (exact) mass is 675 g/mol. The van der Waals surface area contributed by atoms with Crippen molar-refractivity contribution in [3.63, 3.8) is 0 Å². The molecule has 0 amide bonds. The van der Waals surface area contributed by atoms with E-state index in [1.807, 2.05) is 18.2 Å². The minimum atomic E-state index is 0.896. The number of fused-ring (bicyclic) bond motifs is 9. The molecule has 5 nitrogen and oxygen atoms in total. The van der Waals surface area contributed by atoms with Crippen LogP contribution in [0.2, 0.25) is 0 Å². The predicted octanol–water partition coefficient (Wildman–Crippen LogP) is 12.0. The molecule has 53 heavy (non-hydrogen) atoms. The van der Waals surface area contributed by atoms with Crippen LogP contribution in [0.5, 0.6) is 0 Å². The summed E-state index contributed by atoms with van der Waals surface area (Å²) in [6.45, 7) is 0. The van der Waals surface area contributed by atoms with Crippen LogP contribution in [-0.2, 0) is 0 Å². The van der Waals surface area contributed by atoms with Crippen molar-refractivity contribution in [1.82, 2.24) is 24.5 Å². The molecule has 11 aromatic rings. The fourth-order valence-electron chi connectivity index (χ4n) is 7.70. The lowest BCUT2D eigenvalue weighted by Gasteiger charge is -2.10. The normalized spacial score (nSPS) is 11.8. The van der Waals surface area contributed by atoms with Gasteiger partial charge in [0.1, 0.15) is 0 Å². The van der Waals surface area contributed by atoms with Crippen LogP contribution in [-0.4, -0.2) is 24.5 Å². The molecule has 0 aliphatic rings. The van der Waals surface area contributed by atoms with Crippen LogP contribution in [0.3, 0.4) is 0 Å². The Labute approximate surface area is 304 Å². The third kappa shape index (κ3) is 4.79. The molecule has 0 aliphatic heterocycles. The van der Waals surface area contributed by atoms with E-state index in [0.29, 0.717) is 0 Å². The number of benzene rings is 6. The average Bonchev–Trinajstić information content (AvgIpc) is 3.56. The zero-order valence-corrected chi connectivity index (χ0v) is 28.5. The smallest absolute Gasteiger partial charge is 0.0974 e. The summed E-state index contributed by atoms with van der Waals surface area (Å²) in [6.07, 6.45) is 0. The molecular formula is C48H29N5. The average molecular weight is 676 g/mol. The number of aromatic nitrogens is 5. The van der Waals surface area contributed by atoms with E-state index in [4.69, 9.17) is 19.9 Å². The van der Waals surface area contributed by atoms with Gasteiger partial charge in [0.2, 0.25) is 0 Å². The molecule has 0 bridgehead atoms. The number of hydrogen-bond donors (Lipinski definition) is 0. The standard InChI is InChI=1S/C48H29N5/c1-3-9-30(10-4-1)39-26-23-33-19-20-34-24-27-40(50-45(34)44(33)49-39)31-15-17-32(18-16-31)41-28-25-35-21-22-36-29-43-48(52-47(36)46(35)51-41)38-13-7-8-14-42(38)53(43)37-11-5-2-6-12-37/h1-29H. The van der Waals surface area contributed by atoms with Gasteiger partial charge in [0, 0.05) is 49.3 Å². The largest absolute Gasteiger partial charge is 0.308 e. The van der Waals surface area contributed by atoms with E-state index in [0.717, 1.165) is 105 Å². The van der Waals surface area contributed by atoms with E-state index in [1.54, 1.807) is 0 Å². The van der Waals surface area contributed by atoms with Crippen LogP contribution in [0.25, 0.3) is 105 Å². The Morgan fingerprint density at radius 3 is 1.30 bits per heavy atom. The van der Waals surface area contributed by atoms with Crippen LogP contribution < -0.4 is 0 Å². The van der Waals surface area contributed by atoms with Crippen molar-refractivity contribution >= 4 is 65.5 Å². The highest BCUT2D eigenvalue weighted by Crippen LogP contribution is 2.36. The topological polar surface area (TPSA) is 56.5 Å². The highest BCUT2D eigenvalue weighted by Gasteiger charge is 2.16. The number of para-hydroxylation sites is 2. The Kier molecular flexibility index (Phi) is 6.48. The van der Waals surface area contributed by atoms with E-state index < -0.39 is 0 Å². The molecule has 5 heteroatoms. The van der Waals surface area contributed by atoms with Crippen molar-refractivity contribution in [1.29, 1.82) is 0 Å². The maximum atomic E-state index is 5.34. The van der Waals surface area contributed by atoms with Gasteiger partial charge in [-0.25, -0.2) is 19.9 Å². The molecule has 246 valence electrons. The number of hydrogen-bond acceptors (Lipinski definition) is 4. The Hall–Kier alpha value is -7.24. The zero-order chi connectivity index (χ0) is 34.9. The highest BCUT2D eigenvalue weighted by molar-refractivity contribution is 6.14. The van der Waals surface area contributed by atoms with E-state index in [9.17, 15) is 0 Å². The lowest BCUT2D eigenvalue weighted by molar-refractivity contribution is 1.18. The lowest BCUT2D eigenvalue weighted by atomic mass is 10.0. The van der Waals surface area contributed by atoms with Crippen LogP contribution in [0, 0.1) is 0 Å². The second-order valence-corrected chi connectivity index (χ2v) is 13.5. The highest BCUT2D eigenvalue weighted by atomic mass is 15.0. The SMILES string of the molecule is c1ccc(-c2ccc3ccc4ccc(-c5ccc(-c6ccc7ccc8cc9c(nc8c7n6)c6ccccc6n9-c6ccccc6)cc5)nc4c3n2)cc1. The summed E-state index contributed by atoms with van der Waals surface area (Å²) in [5.41, 5.74) is 13.8. The fraction of sp³-hybridized carbons (Fsp3) is 0. The number of rotatable bonds is 4. The van der Waals surface area contributed by atoms with Crippen LogP contribution in [0.15, 0.2) is 176 Å². The number of nitrogens with zero attached hydrogens (tertiary/aromatic N) is 5. The molecule has 0 spiro atoms. The first-order chi connectivity index (χ1) is 26.2. The van der Waals surface area contributed by atoms with E-state index >= 15 is 0 Å². The summed E-state index contributed by atoms with van der Waals surface area (Å²) in [4.78, 5) is 20.8. The lowest BCUT2D eigenvalue weighted by Crippen LogP contribution is -1.94. The van der Waals surface area contributed by atoms with Gasteiger partial charge in [-0.3, -0.25) is 0 Å².